The van der Waals surface area contributed by atoms with Crippen molar-refractivity contribution in [1.29, 1.82) is 0 Å². The van der Waals surface area contributed by atoms with Gasteiger partial charge in [-0.2, -0.15) is 21.6 Å². The van der Waals surface area contributed by atoms with E-state index in [-0.39, 0.29) is 10.5 Å². The summed E-state index contributed by atoms with van der Waals surface area (Å²) in [6, 6.07) is 9.33. The minimum Gasteiger partial charge on any atom is -0.316 e. The van der Waals surface area contributed by atoms with E-state index in [0.717, 1.165) is 49.3 Å². The smallest absolute Gasteiger partial charge is 0.316 e. The average molecular weight is 492 g/mol. The lowest BCUT2D eigenvalue weighted by molar-refractivity contribution is -0.137. The molecule has 0 spiro atoms. The molecule has 0 atom stereocenters. The molecule has 1 saturated carbocycles. The maximum atomic E-state index is 14.7. The van der Waals surface area contributed by atoms with Crippen molar-refractivity contribution in [2.24, 2.45) is 11.3 Å². The van der Waals surface area contributed by atoms with E-state index < -0.39 is 33.2 Å². The molecule has 4 nitrogen and oxygen atoms in total. The van der Waals surface area contributed by atoms with Gasteiger partial charge >= 0.3 is 6.18 Å². The molecule has 0 radical (unpaired) electrons. The number of rotatable bonds is 6. The van der Waals surface area contributed by atoms with Crippen molar-refractivity contribution in [3.63, 3.8) is 0 Å². The van der Waals surface area contributed by atoms with Crippen LogP contribution in [0.3, 0.4) is 0 Å². The molecule has 0 unspecified atom stereocenters. The Balaban J connectivity index is 0.000000235. The van der Waals surface area contributed by atoms with Gasteiger partial charge in [-0.15, -0.1) is 0 Å². The number of aryl methyl sites for hydroxylation is 1. The number of nitrogens with one attached hydrogen (secondary N) is 1. The van der Waals surface area contributed by atoms with Gasteiger partial charge < -0.3 is 5.32 Å². The van der Waals surface area contributed by atoms with Crippen molar-refractivity contribution in [3.05, 3.63) is 65.2 Å². The summed E-state index contributed by atoms with van der Waals surface area (Å²) < 4.78 is 96.5. The van der Waals surface area contributed by atoms with Crippen LogP contribution in [0.15, 0.2) is 53.4 Å². The summed E-state index contributed by atoms with van der Waals surface area (Å²) in [6.07, 6.45) is -2.42. The van der Waals surface area contributed by atoms with Crippen molar-refractivity contribution < 1.29 is 34.9 Å². The minimum atomic E-state index is -4.50. The lowest BCUT2D eigenvalue weighted by Crippen LogP contribution is -2.42. The Labute approximate surface area is 190 Å². The van der Waals surface area contributed by atoms with Gasteiger partial charge in [0, 0.05) is 11.0 Å². The summed E-state index contributed by atoms with van der Waals surface area (Å²) in [4.78, 5) is -0.0666. The summed E-state index contributed by atoms with van der Waals surface area (Å²) in [7, 11) is -4.02. The fourth-order valence-corrected chi connectivity index (χ4v) is 4.27. The predicted octanol–water partition coefficient (Wildman–Crippen LogP) is 5.82. The third-order valence-electron chi connectivity index (χ3n) is 6.31. The number of hydrogen-bond acceptors (Lipinski definition) is 3. The first-order chi connectivity index (χ1) is 15.2. The second-order valence-electron chi connectivity index (χ2n) is 8.78. The average Bonchev–Trinajstić information content (AvgIpc) is 3.48. The van der Waals surface area contributed by atoms with Crippen LogP contribution >= 0.6 is 0 Å². The quantitative estimate of drug-likeness (QED) is 0.395. The molecule has 1 heterocycles. The van der Waals surface area contributed by atoms with Crippen LogP contribution in [0.25, 0.3) is 0 Å². The molecule has 0 amide bonds. The largest absolute Gasteiger partial charge is 0.416 e. The molecule has 182 valence electrons. The van der Waals surface area contributed by atoms with Crippen LogP contribution in [0, 0.1) is 18.3 Å². The number of benzene rings is 2. The first kappa shape index (κ1) is 25.6. The number of hydrogen-bond donors (Lipinski definition) is 2. The van der Waals surface area contributed by atoms with Crippen molar-refractivity contribution >= 4 is 10.1 Å². The zero-order chi connectivity index (χ0) is 24.5. The van der Waals surface area contributed by atoms with Gasteiger partial charge in [0.25, 0.3) is 16.0 Å². The van der Waals surface area contributed by atoms with Gasteiger partial charge in [-0.1, -0.05) is 29.8 Å². The Morgan fingerprint density at radius 1 is 0.939 bits per heavy atom. The third kappa shape index (κ3) is 6.10. The highest BCUT2D eigenvalue weighted by Gasteiger charge is 2.62. The standard InChI is InChI=1S/C16H18F5N.C7H8O3S/c17-15(18,12-1-3-13(4-2-12)16(19,20)21)14(7-8-14)6-5-11-9-22-10-11;1-6-2-4-7(5-3-6)11(8,9)10/h1-4,11,22H,5-10H2;2-5H,1H3,(H,8,9,10). The Morgan fingerprint density at radius 3 is 1.85 bits per heavy atom. The Morgan fingerprint density at radius 2 is 1.45 bits per heavy atom. The SMILES string of the molecule is Cc1ccc(S(=O)(=O)O)cc1.FC(F)(F)c1ccc(C(F)(F)C2(CCC3CNC3)CC2)cc1. The maximum Gasteiger partial charge on any atom is 0.416 e. The van der Waals surface area contributed by atoms with Crippen LogP contribution in [0.4, 0.5) is 22.0 Å². The van der Waals surface area contributed by atoms with E-state index in [2.05, 4.69) is 5.32 Å². The lowest BCUT2D eigenvalue weighted by atomic mass is 9.83. The minimum absolute atomic E-state index is 0.0666. The van der Waals surface area contributed by atoms with Gasteiger partial charge in [0.15, 0.2) is 0 Å². The highest BCUT2D eigenvalue weighted by molar-refractivity contribution is 7.85. The molecule has 2 aromatic rings. The molecule has 2 fully saturated rings. The Hall–Kier alpha value is -2.04. The highest BCUT2D eigenvalue weighted by atomic mass is 32.2. The fraction of sp³-hybridized carbons (Fsp3) is 0.478. The van der Waals surface area contributed by atoms with Crippen LogP contribution in [-0.2, 0) is 22.2 Å². The molecule has 33 heavy (non-hydrogen) atoms. The predicted molar refractivity (Wildman–Crippen MR) is 114 cm³/mol. The van der Waals surface area contributed by atoms with Crippen molar-refractivity contribution in [1.82, 2.24) is 5.32 Å². The van der Waals surface area contributed by atoms with Gasteiger partial charge in [-0.25, -0.2) is 8.78 Å². The van der Waals surface area contributed by atoms with E-state index in [1.807, 2.05) is 6.92 Å². The van der Waals surface area contributed by atoms with Crippen LogP contribution < -0.4 is 5.32 Å². The molecule has 2 aromatic carbocycles. The second kappa shape index (κ2) is 9.31. The Bertz CT molecular complexity index is 1040. The molecule has 1 saturated heterocycles. The molecule has 0 bridgehead atoms. The van der Waals surface area contributed by atoms with Gasteiger partial charge in [-0.3, -0.25) is 4.55 Å². The first-order valence-electron chi connectivity index (χ1n) is 10.6. The summed E-state index contributed by atoms with van der Waals surface area (Å²) in [6.45, 7) is 3.59. The molecule has 0 aromatic heterocycles. The maximum absolute atomic E-state index is 14.7. The number of alkyl halides is 5. The van der Waals surface area contributed by atoms with Crippen molar-refractivity contribution in [3.8, 4) is 0 Å². The molecule has 1 aliphatic carbocycles. The van der Waals surface area contributed by atoms with E-state index >= 15 is 0 Å². The molecule has 4 rings (SSSR count). The van der Waals surface area contributed by atoms with Crippen LogP contribution in [0.2, 0.25) is 0 Å². The molecular formula is C23H26F5NO3S. The van der Waals surface area contributed by atoms with E-state index in [4.69, 9.17) is 4.55 Å². The lowest BCUT2D eigenvalue weighted by Gasteiger charge is -2.32. The Kier molecular flexibility index (Phi) is 7.21. The molecule has 2 aliphatic rings. The van der Waals surface area contributed by atoms with E-state index in [9.17, 15) is 30.4 Å². The van der Waals surface area contributed by atoms with Crippen LogP contribution in [0.5, 0.6) is 0 Å². The molecule has 10 heteroatoms. The van der Waals surface area contributed by atoms with E-state index in [1.165, 1.54) is 12.1 Å². The third-order valence-corrected chi connectivity index (χ3v) is 7.18. The van der Waals surface area contributed by atoms with Gasteiger partial charge in [-0.05, 0) is 75.9 Å². The normalized spacial score (nSPS) is 18.2. The van der Waals surface area contributed by atoms with E-state index in [0.29, 0.717) is 25.2 Å². The molecule has 2 N–H and O–H groups in total. The van der Waals surface area contributed by atoms with E-state index in [1.54, 1.807) is 12.1 Å². The summed E-state index contributed by atoms with van der Waals surface area (Å²) >= 11 is 0. The zero-order valence-corrected chi connectivity index (χ0v) is 18.8. The fourth-order valence-electron chi connectivity index (χ4n) is 3.79. The van der Waals surface area contributed by atoms with Gasteiger partial charge in [0.1, 0.15) is 0 Å². The zero-order valence-electron chi connectivity index (χ0n) is 18.0. The topological polar surface area (TPSA) is 66.4 Å². The van der Waals surface area contributed by atoms with Crippen LogP contribution in [-0.4, -0.2) is 26.1 Å². The van der Waals surface area contributed by atoms with Crippen molar-refractivity contribution in [2.75, 3.05) is 13.1 Å². The second-order valence-corrected chi connectivity index (χ2v) is 10.2. The molecular weight excluding hydrogens is 465 g/mol. The highest BCUT2D eigenvalue weighted by Crippen LogP contribution is 2.64. The summed E-state index contributed by atoms with van der Waals surface area (Å²) in [5.41, 5.74) is -1.29. The van der Waals surface area contributed by atoms with Crippen LogP contribution in [0.1, 0.15) is 42.4 Å². The summed E-state index contributed by atoms with van der Waals surface area (Å²) in [5.74, 6) is -2.60. The monoisotopic (exact) mass is 491 g/mol. The molecule has 1 aliphatic heterocycles. The van der Waals surface area contributed by atoms with Crippen molar-refractivity contribution in [2.45, 2.75) is 49.6 Å². The first-order valence-corrected chi connectivity index (χ1v) is 12.0. The van der Waals surface area contributed by atoms with Gasteiger partial charge in [0.05, 0.1) is 10.5 Å². The van der Waals surface area contributed by atoms with Gasteiger partial charge in [0.2, 0.25) is 0 Å². The number of halogens is 5. The summed E-state index contributed by atoms with van der Waals surface area (Å²) in [5, 5.41) is 3.11.